The molecule has 1 aromatic rings. The van der Waals surface area contributed by atoms with E-state index in [1.165, 1.54) is 37.7 Å². The summed E-state index contributed by atoms with van der Waals surface area (Å²) in [6.45, 7) is 8.57. The van der Waals surface area contributed by atoms with Gasteiger partial charge in [-0.1, -0.05) is 26.2 Å². The van der Waals surface area contributed by atoms with Crippen molar-refractivity contribution in [3.8, 4) is 0 Å². The van der Waals surface area contributed by atoms with Gasteiger partial charge in [-0.25, -0.2) is 9.97 Å². The molecule has 1 fully saturated rings. The number of unbranched alkanes of at least 4 members (excludes halogenated alkanes) is 3. The molecule has 0 radical (unpaired) electrons. The van der Waals surface area contributed by atoms with Crippen molar-refractivity contribution in [2.45, 2.75) is 52.4 Å². The van der Waals surface area contributed by atoms with E-state index in [0.717, 1.165) is 44.2 Å². The Kier molecular flexibility index (Phi) is 6.25. The number of anilines is 1. The van der Waals surface area contributed by atoms with Gasteiger partial charge < -0.3 is 10.2 Å². The summed E-state index contributed by atoms with van der Waals surface area (Å²) in [6, 6.07) is 0. The van der Waals surface area contributed by atoms with Crippen LogP contribution >= 0.6 is 0 Å². The van der Waals surface area contributed by atoms with Gasteiger partial charge in [0.2, 0.25) is 5.95 Å². The molecule has 0 aliphatic carbocycles. The number of hydrogen-bond acceptors (Lipinski definition) is 4. The van der Waals surface area contributed by atoms with Crippen LogP contribution in [0.15, 0.2) is 6.20 Å². The lowest BCUT2D eigenvalue weighted by molar-refractivity contribution is 0.662. The van der Waals surface area contributed by atoms with Crippen LogP contribution in [-0.4, -0.2) is 36.1 Å². The van der Waals surface area contributed by atoms with Crippen molar-refractivity contribution < 1.29 is 0 Å². The monoisotopic (exact) mass is 276 g/mol. The van der Waals surface area contributed by atoms with E-state index in [1.807, 2.05) is 6.20 Å². The topological polar surface area (TPSA) is 41.1 Å². The Morgan fingerprint density at radius 3 is 2.90 bits per heavy atom. The highest BCUT2D eigenvalue weighted by Crippen LogP contribution is 2.15. The molecule has 1 saturated heterocycles. The van der Waals surface area contributed by atoms with Gasteiger partial charge in [0.25, 0.3) is 0 Å². The molecule has 1 aliphatic heterocycles. The average molecular weight is 276 g/mol. The zero-order valence-corrected chi connectivity index (χ0v) is 13.0. The van der Waals surface area contributed by atoms with Gasteiger partial charge in [0, 0.05) is 31.5 Å². The van der Waals surface area contributed by atoms with E-state index in [0.29, 0.717) is 0 Å². The number of hydrogen-bond donors (Lipinski definition) is 1. The Balaban J connectivity index is 1.94. The number of rotatable bonds is 6. The molecule has 4 nitrogen and oxygen atoms in total. The normalized spacial score (nSPS) is 16.2. The Hall–Kier alpha value is -1.16. The summed E-state index contributed by atoms with van der Waals surface area (Å²) in [5.41, 5.74) is 2.47. The van der Waals surface area contributed by atoms with Crippen LogP contribution in [-0.2, 0) is 6.42 Å². The van der Waals surface area contributed by atoms with Gasteiger partial charge in [-0.2, -0.15) is 0 Å². The van der Waals surface area contributed by atoms with E-state index in [-0.39, 0.29) is 0 Å². The lowest BCUT2D eigenvalue weighted by Gasteiger charge is -2.20. The fraction of sp³-hybridized carbons (Fsp3) is 0.750. The van der Waals surface area contributed by atoms with Gasteiger partial charge in [-0.15, -0.1) is 0 Å². The van der Waals surface area contributed by atoms with Crippen LogP contribution in [0.25, 0.3) is 0 Å². The second-order valence-electron chi connectivity index (χ2n) is 5.68. The highest BCUT2D eigenvalue weighted by Gasteiger charge is 2.13. The van der Waals surface area contributed by atoms with E-state index >= 15 is 0 Å². The molecule has 0 amide bonds. The second kappa shape index (κ2) is 8.20. The van der Waals surface area contributed by atoms with Crippen molar-refractivity contribution in [3.05, 3.63) is 17.5 Å². The van der Waals surface area contributed by atoms with E-state index in [9.17, 15) is 0 Å². The Morgan fingerprint density at radius 2 is 2.10 bits per heavy atom. The first-order valence-corrected chi connectivity index (χ1v) is 8.09. The van der Waals surface area contributed by atoms with Crippen molar-refractivity contribution in [1.29, 1.82) is 0 Å². The maximum atomic E-state index is 4.72. The summed E-state index contributed by atoms with van der Waals surface area (Å²) in [5.74, 6) is 0.906. The first-order valence-electron chi connectivity index (χ1n) is 8.09. The second-order valence-corrected chi connectivity index (χ2v) is 5.68. The fourth-order valence-electron chi connectivity index (χ4n) is 2.67. The van der Waals surface area contributed by atoms with Gasteiger partial charge in [0.15, 0.2) is 0 Å². The van der Waals surface area contributed by atoms with Crippen molar-refractivity contribution in [3.63, 3.8) is 0 Å². The molecule has 4 heteroatoms. The molecule has 0 unspecified atom stereocenters. The predicted octanol–water partition coefficient (Wildman–Crippen LogP) is 2.71. The average Bonchev–Trinajstić information content (AvgIpc) is 2.74. The van der Waals surface area contributed by atoms with Crippen LogP contribution in [0.5, 0.6) is 0 Å². The number of nitrogens with zero attached hydrogens (tertiary/aromatic N) is 3. The highest BCUT2D eigenvalue weighted by atomic mass is 15.3. The van der Waals surface area contributed by atoms with Crippen LogP contribution in [0.1, 0.15) is 50.3 Å². The molecule has 0 aromatic carbocycles. The first kappa shape index (κ1) is 15.2. The smallest absolute Gasteiger partial charge is 0.225 e. The molecule has 20 heavy (non-hydrogen) atoms. The van der Waals surface area contributed by atoms with Gasteiger partial charge in [-0.05, 0) is 38.3 Å². The van der Waals surface area contributed by atoms with Crippen molar-refractivity contribution in [1.82, 2.24) is 15.3 Å². The molecule has 1 aromatic heterocycles. The zero-order valence-electron chi connectivity index (χ0n) is 13.0. The predicted molar refractivity (Wildman–Crippen MR) is 84.3 cm³/mol. The van der Waals surface area contributed by atoms with Crippen LogP contribution in [0.4, 0.5) is 5.95 Å². The van der Waals surface area contributed by atoms with Crippen molar-refractivity contribution in [2.24, 2.45) is 0 Å². The van der Waals surface area contributed by atoms with Crippen LogP contribution < -0.4 is 10.2 Å². The van der Waals surface area contributed by atoms with E-state index in [2.05, 4.69) is 29.0 Å². The van der Waals surface area contributed by atoms with E-state index in [4.69, 9.17) is 4.98 Å². The third kappa shape index (κ3) is 4.44. The third-order valence-electron chi connectivity index (χ3n) is 3.99. The lowest BCUT2D eigenvalue weighted by Crippen LogP contribution is -2.29. The SMILES string of the molecule is CCCCCCc1cnc(N2CCCNCC2)nc1C. The molecular formula is C16H28N4. The molecule has 0 saturated carbocycles. The zero-order chi connectivity index (χ0) is 14.2. The maximum Gasteiger partial charge on any atom is 0.225 e. The molecule has 1 aliphatic rings. The molecule has 112 valence electrons. The lowest BCUT2D eigenvalue weighted by atomic mass is 10.1. The molecule has 2 heterocycles. The van der Waals surface area contributed by atoms with E-state index in [1.54, 1.807) is 0 Å². The van der Waals surface area contributed by atoms with Crippen molar-refractivity contribution >= 4 is 5.95 Å². The van der Waals surface area contributed by atoms with Gasteiger partial charge >= 0.3 is 0 Å². The van der Waals surface area contributed by atoms with Crippen LogP contribution in [0, 0.1) is 6.92 Å². The molecule has 0 bridgehead atoms. The summed E-state index contributed by atoms with van der Waals surface area (Å²) >= 11 is 0. The van der Waals surface area contributed by atoms with Gasteiger partial charge in [0.05, 0.1) is 0 Å². The summed E-state index contributed by atoms with van der Waals surface area (Å²) in [7, 11) is 0. The number of aromatic nitrogens is 2. The third-order valence-corrected chi connectivity index (χ3v) is 3.99. The van der Waals surface area contributed by atoms with Gasteiger partial charge in [0.1, 0.15) is 0 Å². The van der Waals surface area contributed by atoms with Gasteiger partial charge in [-0.3, -0.25) is 0 Å². The highest BCUT2D eigenvalue weighted by molar-refractivity contribution is 5.33. The Labute approximate surface area is 123 Å². The molecular weight excluding hydrogens is 248 g/mol. The van der Waals surface area contributed by atoms with Crippen molar-refractivity contribution in [2.75, 3.05) is 31.1 Å². The fourth-order valence-corrected chi connectivity index (χ4v) is 2.67. The molecule has 2 rings (SSSR count). The minimum Gasteiger partial charge on any atom is -0.339 e. The Bertz CT molecular complexity index is 397. The maximum absolute atomic E-state index is 4.72. The Morgan fingerprint density at radius 1 is 1.20 bits per heavy atom. The number of aryl methyl sites for hydroxylation is 2. The van der Waals surface area contributed by atoms with Crippen LogP contribution in [0.3, 0.4) is 0 Å². The van der Waals surface area contributed by atoms with Crippen LogP contribution in [0.2, 0.25) is 0 Å². The van der Waals surface area contributed by atoms with E-state index < -0.39 is 0 Å². The largest absolute Gasteiger partial charge is 0.339 e. The minimum absolute atomic E-state index is 0.906. The minimum atomic E-state index is 0.906. The standard InChI is InChI=1S/C16H28N4/c1-3-4-5-6-8-15-13-18-16(19-14(15)2)20-11-7-9-17-10-12-20/h13,17H,3-12H2,1-2H3. The molecule has 0 spiro atoms. The molecule has 0 atom stereocenters. The summed E-state index contributed by atoms with van der Waals surface area (Å²) < 4.78 is 0. The summed E-state index contributed by atoms with van der Waals surface area (Å²) in [4.78, 5) is 11.6. The summed E-state index contributed by atoms with van der Waals surface area (Å²) in [5, 5.41) is 3.42. The summed E-state index contributed by atoms with van der Waals surface area (Å²) in [6.07, 6.45) is 9.52. The number of nitrogens with one attached hydrogen (secondary N) is 1. The quantitative estimate of drug-likeness (QED) is 0.811. The molecule has 1 N–H and O–H groups in total. The first-order chi connectivity index (χ1) is 9.81.